The van der Waals surface area contributed by atoms with Gasteiger partial charge in [-0.1, -0.05) is 35.9 Å². The molecule has 0 aromatic heterocycles. The van der Waals surface area contributed by atoms with E-state index in [-0.39, 0.29) is 23.1 Å². The lowest BCUT2D eigenvalue weighted by molar-refractivity contribution is -0.122. The Morgan fingerprint density at radius 3 is 2.43 bits per heavy atom. The molecule has 180 valence electrons. The minimum absolute atomic E-state index is 0.0859. The predicted molar refractivity (Wildman–Crippen MR) is 136 cm³/mol. The third kappa shape index (κ3) is 4.53. The minimum atomic E-state index is -3.72. The highest BCUT2D eigenvalue weighted by atomic mass is 32.2. The monoisotopic (exact) mass is 489 g/mol. The van der Waals surface area contributed by atoms with Crippen molar-refractivity contribution in [2.75, 3.05) is 27.6 Å². The first-order valence-electron chi connectivity index (χ1n) is 11.7. The molecule has 3 aromatic carbocycles. The molecule has 1 N–H and O–H groups in total. The fourth-order valence-corrected chi connectivity index (χ4v) is 6.23. The van der Waals surface area contributed by atoms with Crippen molar-refractivity contribution in [3.05, 3.63) is 83.9 Å². The Morgan fingerprint density at radius 2 is 1.69 bits per heavy atom. The van der Waals surface area contributed by atoms with E-state index in [1.165, 1.54) is 16.4 Å². The molecular formula is C27H27N3O4S. The van der Waals surface area contributed by atoms with Crippen molar-refractivity contribution in [1.82, 2.24) is 0 Å². The van der Waals surface area contributed by atoms with E-state index in [0.717, 1.165) is 35.3 Å². The molecular weight excluding hydrogens is 462 g/mol. The van der Waals surface area contributed by atoms with Crippen molar-refractivity contribution in [3.8, 4) is 0 Å². The maximum absolute atomic E-state index is 13.3. The normalized spacial score (nSPS) is 17.9. The Hall–Kier alpha value is -3.65. The van der Waals surface area contributed by atoms with E-state index < -0.39 is 15.9 Å². The quantitative estimate of drug-likeness (QED) is 0.584. The van der Waals surface area contributed by atoms with Gasteiger partial charge in [-0.05, 0) is 67.8 Å². The van der Waals surface area contributed by atoms with Gasteiger partial charge in [0.15, 0.2) is 0 Å². The molecule has 2 amide bonds. The van der Waals surface area contributed by atoms with Gasteiger partial charge in [0.2, 0.25) is 11.8 Å². The second kappa shape index (κ2) is 9.19. The lowest BCUT2D eigenvalue weighted by atomic mass is 10.0. The number of para-hydroxylation sites is 1. The Labute approximate surface area is 205 Å². The first-order valence-corrected chi connectivity index (χ1v) is 13.2. The molecule has 3 aromatic rings. The van der Waals surface area contributed by atoms with Crippen LogP contribution < -0.4 is 14.5 Å². The van der Waals surface area contributed by atoms with Crippen LogP contribution in [0.3, 0.4) is 0 Å². The number of fused-ring (bicyclic) bond motifs is 1. The number of rotatable bonds is 5. The first kappa shape index (κ1) is 23.1. The van der Waals surface area contributed by atoms with Crippen LogP contribution in [0.2, 0.25) is 0 Å². The molecule has 2 heterocycles. The first-order chi connectivity index (χ1) is 16.8. The summed E-state index contributed by atoms with van der Waals surface area (Å²) in [6.07, 6.45) is 1.77. The number of carbonyl (C=O) groups is 2. The van der Waals surface area contributed by atoms with Gasteiger partial charge in [-0.15, -0.1) is 0 Å². The fraction of sp³-hybridized carbons (Fsp3) is 0.259. The fourth-order valence-electron chi connectivity index (χ4n) is 4.69. The zero-order chi connectivity index (χ0) is 24.6. The van der Waals surface area contributed by atoms with Gasteiger partial charge >= 0.3 is 0 Å². The largest absolute Gasteiger partial charge is 0.326 e. The van der Waals surface area contributed by atoms with Gasteiger partial charge in [-0.2, -0.15) is 0 Å². The highest BCUT2D eigenvalue weighted by molar-refractivity contribution is 7.92. The molecule has 1 atom stereocenters. The molecule has 2 aliphatic rings. The van der Waals surface area contributed by atoms with Gasteiger partial charge in [0.25, 0.3) is 10.0 Å². The van der Waals surface area contributed by atoms with E-state index in [1.807, 2.05) is 55.5 Å². The highest BCUT2D eigenvalue weighted by Crippen LogP contribution is 2.32. The van der Waals surface area contributed by atoms with E-state index in [1.54, 1.807) is 17.0 Å². The topological polar surface area (TPSA) is 86.8 Å². The number of nitrogens with one attached hydrogen (secondary N) is 1. The van der Waals surface area contributed by atoms with Crippen molar-refractivity contribution in [1.29, 1.82) is 0 Å². The molecule has 0 aliphatic carbocycles. The molecule has 2 aliphatic heterocycles. The van der Waals surface area contributed by atoms with Gasteiger partial charge in [0.05, 0.1) is 16.5 Å². The van der Waals surface area contributed by atoms with E-state index in [4.69, 9.17) is 0 Å². The van der Waals surface area contributed by atoms with Crippen LogP contribution >= 0.6 is 0 Å². The van der Waals surface area contributed by atoms with Crippen molar-refractivity contribution >= 4 is 38.9 Å². The van der Waals surface area contributed by atoms with E-state index in [0.29, 0.717) is 18.8 Å². The second-order valence-corrected chi connectivity index (χ2v) is 10.9. The van der Waals surface area contributed by atoms with Gasteiger partial charge in [-0.25, -0.2) is 8.42 Å². The zero-order valence-electron chi connectivity index (χ0n) is 19.5. The lowest BCUT2D eigenvalue weighted by Crippen LogP contribution is -2.35. The summed E-state index contributed by atoms with van der Waals surface area (Å²) in [5.74, 6) is -0.817. The van der Waals surface area contributed by atoms with Crippen molar-refractivity contribution in [3.63, 3.8) is 0 Å². The Balaban J connectivity index is 1.27. The maximum atomic E-state index is 13.3. The molecule has 1 unspecified atom stereocenters. The Morgan fingerprint density at radius 1 is 0.971 bits per heavy atom. The van der Waals surface area contributed by atoms with Crippen LogP contribution in [0.25, 0.3) is 0 Å². The number of sulfonamides is 1. The van der Waals surface area contributed by atoms with Crippen molar-refractivity contribution in [2.45, 2.75) is 31.1 Å². The van der Waals surface area contributed by atoms with Gasteiger partial charge in [0.1, 0.15) is 0 Å². The van der Waals surface area contributed by atoms with E-state index >= 15 is 0 Å². The number of hydrogen-bond donors (Lipinski definition) is 1. The number of nitrogens with zero attached hydrogens (tertiary/aromatic N) is 2. The molecule has 8 heteroatoms. The summed E-state index contributed by atoms with van der Waals surface area (Å²) in [5.41, 5.74) is 4.13. The molecule has 0 saturated carbocycles. The minimum Gasteiger partial charge on any atom is -0.326 e. The number of hydrogen-bond acceptors (Lipinski definition) is 4. The number of aryl methyl sites for hydroxylation is 2. The molecule has 5 rings (SSSR count). The van der Waals surface area contributed by atoms with Crippen LogP contribution in [0.15, 0.2) is 77.7 Å². The van der Waals surface area contributed by atoms with Crippen LogP contribution in [0.5, 0.6) is 0 Å². The Kier molecular flexibility index (Phi) is 6.06. The second-order valence-electron chi connectivity index (χ2n) is 9.06. The summed E-state index contributed by atoms with van der Waals surface area (Å²) in [7, 11) is -3.72. The molecule has 35 heavy (non-hydrogen) atoms. The third-order valence-electron chi connectivity index (χ3n) is 6.62. The summed E-state index contributed by atoms with van der Waals surface area (Å²) >= 11 is 0. The van der Waals surface area contributed by atoms with Crippen LogP contribution in [0.4, 0.5) is 17.1 Å². The molecule has 0 radical (unpaired) electrons. The van der Waals surface area contributed by atoms with Crippen LogP contribution in [-0.4, -0.2) is 33.3 Å². The molecule has 0 bridgehead atoms. The summed E-state index contributed by atoms with van der Waals surface area (Å²) in [6, 6.07) is 21.4. The molecule has 1 fully saturated rings. The van der Waals surface area contributed by atoms with E-state index in [2.05, 4.69) is 5.32 Å². The lowest BCUT2D eigenvalue weighted by Gasteiger charge is -2.30. The number of anilines is 3. The van der Waals surface area contributed by atoms with Crippen LogP contribution in [0, 0.1) is 12.8 Å². The number of amides is 2. The number of carbonyl (C=O) groups excluding carboxylic acids is 2. The summed E-state index contributed by atoms with van der Waals surface area (Å²) in [6.45, 7) is 2.73. The van der Waals surface area contributed by atoms with Gasteiger partial charge in [-0.3, -0.25) is 13.9 Å². The molecule has 1 saturated heterocycles. The van der Waals surface area contributed by atoms with Crippen LogP contribution in [-0.2, 0) is 26.0 Å². The average molecular weight is 490 g/mol. The predicted octanol–water partition coefficient (Wildman–Crippen LogP) is 4.13. The van der Waals surface area contributed by atoms with Crippen LogP contribution in [0.1, 0.15) is 24.0 Å². The SMILES string of the molecule is Cc1ccc(N2CC(C(=O)Nc3ccc(S(=O)(=O)N4CCCc5ccccc54)cc3)CC2=O)cc1. The summed E-state index contributed by atoms with van der Waals surface area (Å²) in [4.78, 5) is 27.1. The summed E-state index contributed by atoms with van der Waals surface area (Å²) in [5, 5.41) is 2.83. The zero-order valence-corrected chi connectivity index (χ0v) is 20.3. The van der Waals surface area contributed by atoms with E-state index in [9.17, 15) is 18.0 Å². The maximum Gasteiger partial charge on any atom is 0.264 e. The van der Waals surface area contributed by atoms with Gasteiger partial charge < -0.3 is 10.2 Å². The smallest absolute Gasteiger partial charge is 0.264 e. The summed E-state index contributed by atoms with van der Waals surface area (Å²) < 4.78 is 28.1. The third-order valence-corrected chi connectivity index (χ3v) is 8.45. The molecule has 7 nitrogen and oxygen atoms in total. The average Bonchev–Trinajstić information content (AvgIpc) is 3.26. The standard InChI is InChI=1S/C27H27N3O4S/c1-19-8-12-23(13-9-19)29-18-21(17-26(29)31)27(32)28-22-10-14-24(15-11-22)35(33,34)30-16-4-6-20-5-2-3-7-25(20)30/h2-3,5,7-15,21H,4,6,16-18H2,1H3,(H,28,32). The number of benzene rings is 3. The highest BCUT2D eigenvalue weighted by Gasteiger charge is 2.35. The van der Waals surface area contributed by atoms with Crippen molar-refractivity contribution in [2.24, 2.45) is 5.92 Å². The Bertz CT molecular complexity index is 1370. The van der Waals surface area contributed by atoms with Gasteiger partial charge in [0, 0.05) is 30.9 Å². The van der Waals surface area contributed by atoms with Crippen molar-refractivity contribution < 1.29 is 18.0 Å². The molecule has 0 spiro atoms.